The Balaban J connectivity index is 1.70. The summed E-state index contributed by atoms with van der Waals surface area (Å²) in [6.45, 7) is 0.769. The SMILES string of the molecule is O=Cc1ccc2nc(OCC3CCCCC3)ccc2c1. The van der Waals surface area contributed by atoms with E-state index in [-0.39, 0.29) is 0 Å². The number of ether oxygens (including phenoxy) is 1. The zero-order valence-corrected chi connectivity index (χ0v) is 11.5. The number of fused-ring (bicyclic) bond motifs is 1. The molecule has 0 amide bonds. The number of carbonyl (C=O) groups is 1. The number of hydrogen-bond acceptors (Lipinski definition) is 3. The van der Waals surface area contributed by atoms with Crippen molar-refractivity contribution >= 4 is 17.2 Å². The number of pyridine rings is 1. The van der Waals surface area contributed by atoms with Crippen LogP contribution in [0.15, 0.2) is 30.3 Å². The first kappa shape index (κ1) is 13.1. The third-order valence-corrected chi connectivity index (χ3v) is 4.02. The minimum absolute atomic E-state index is 0.676. The fraction of sp³-hybridized carbons (Fsp3) is 0.412. The maximum absolute atomic E-state index is 10.7. The highest BCUT2D eigenvalue weighted by Crippen LogP contribution is 2.25. The molecule has 1 aromatic carbocycles. The maximum Gasteiger partial charge on any atom is 0.213 e. The second kappa shape index (κ2) is 6.04. The lowest BCUT2D eigenvalue weighted by atomic mass is 9.90. The van der Waals surface area contributed by atoms with Crippen LogP contribution < -0.4 is 4.74 Å². The predicted molar refractivity (Wildman–Crippen MR) is 79.2 cm³/mol. The fourth-order valence-electron chi connectivity index (χ4n) is 2.84. The van der Waals surface area contributed by atoms with E-state index < -0.39 is 0 Å². The van der Waals surface area contributed by atoms with Gasteiger partial charge in [0.1, 0.15) is 6.29 Å². The minimum atomic E-state index is 0.676. The third-order valence-electron chi connectivity index (χ3n) is 4.02. The van der Waals surface area contributed by atoms with Crippen molar-refractivity contribution in [3.63, 3.8) is 0 Å². The van der Waals surface area contributed by atoms with Crippen molar-refractivity contribution in [1.29, 1.82) is 0 Å². The van der Waals surface area contributed by atoms with E-state index >= 15 is 0 Å². The Morgan fingerprint density at radius 1 is 1.15 bits per heavy atom. The van der Waals surface area contributed by atoms with Gasteiger partial charge in [0.15, 0.2) is 0 Å². The van der Waals surface area contributed by atoms with E-state index in [9.17, 15) is 4.79 Å². The third kappa shape index (κ3) is 2.98. The average molecular weight is 269 g/mol. The molecule has 1 saturated carbocycles. The molecule has 1 aliphatic carbocycles. The first-order valence-electron chi connectivity index (χ1n) is 7.34. The fourth-order valence-corrected chi connectivity index (χ4v) is 2.84. The molecule has 0 N–H and O–H groups in total. The molecule has 1 fully saturated rings. The van der Waals surface area contributed by atoms with Crippen LogP contribution in [0.25, 0.3) is 10.9 Å². The lowest BCUT2D eigenvalue weighted by Gasteiger charge is -2.21. The molecule has 0 aliphatic heterocycles. The number of carbonyl (C=O) groups excluding carboxylic acids is 1. The smallest absolute Gasteiger partial charge is 0.213 e. The van der Waals surface area contributed by atoms with Crippen LogP contribution in [0.1, 0.15) is 42.5 Å². The van der Waals surface area contributed by atoms with Crippen molar-refractivity contribution in [2.24, 2.45) is 5.92 Å². The van der Waals surface area contributed by atoms with E-state index in [1.165, 1.54) is 32.1 Å². The lowest BCUT2D eigenvalue weighted by molar-refractivity contribution is 0.112. The summed E-state index contributed by atoms with van der Waals surface area (Å²) in [4.78, 5) is 15.2. The van der Waals surface area contributed by atoms with Crippen molar-refractivity contribution in [3.05, 3.63) is 35.9 Å². The lowest BCUT2D eigenvalue weighted by Crippen LogP contribution is -2.15. The normalized spacial score (nSPS) is 16.2. The molecule has 1 aliphatic rings. The Kier molecular flexibility index (Phi) is 3.95. The summed E-state index contributed by atoms with van der Waals surface area (Å²) in [6.07, 6.45) is 7.42. The molecular formula is C17H19NO2. The van der Waals surface area contributed by atoms with Gasteiger partial charge >= 0.3 is 0 Å². The van der Waals surface area contributed by atoms with E-state index in [1.54, 1.807) is 6.07 Å². The van der Waals surface area contributed by atoms with Crippen LogP contribution in [0.4, 0.5) is 0 Å². The number of hydrogen-bond donors (Lipinski definition) is 0. The van der Waals surface area contributed by atoms with Gasteiger partial charge in [-0.05, 0) is 43.0 Å². The van der Waals surface area contributed by atoms with Crippen LogP contribution in [0, 0.1) is 5.92 Å². The first-order chi connectivity index (χ1) is 9.85. The van der Waals surface area contributed by atoms with Crippen molar-refractivity contribution < 1.29 is 9.53 Å². The summed E-state index contributed by atoms with van der Waals surface area (Å²) in [7, 11) is 0. The van der Waals surface area contributed by atoms with Crippen LogP contribution in [-0.4, -0.2) is 17.9 Å². The van der Waals surface area contributed by atoms with Crippen LogP contribution in [0.5, 0.6) is 5.88 Å². The van der Waals surface area contributed by atoms with Gasteiger partial charge < -0.3 is 4.74 Å². The number of rotatable bonds is 4. The molecule has 0 radical (unpaired) electrons. The summed E-state index contributed by atoms with van der Waals surface area (Å²) >= 11 is 0. The monoisotopic (exact) mass is 269 g/mol. The zero-order chi connectivity index (χ0) is 13.8. The highest BCUT2D eigenvalue weighted by atomic mass is 16.5. The Bertz CT molecular complexity index is 603. The molecule has 3 rings (SSSR count). The Morgan fingerprint density at radius 3 is 2.80 bits per heavy atom. The predicted octanol–water partition coefficient (Wildman–Crippen LogP) is 4.01. The van der Waals surface area contributed by atoms with Crippen molar-refractivity contribution in [2.45, 2.75) is 32.1 Å². The zero-order valence-electron chi connectivity index (χ0n) is 11.5. The topological polar surface area (TPSA) is 39.2 Å². The van der Waals surface area contributed by atoms with Crippen molar-refractivity contribution in [3.8, 4) is 5.88 Å². The Hall–Kier alpha value is -1.90. The van der Waals surface area contributed by atoms with E-state index in [2.05, 4.69) is 4.98 Å². The van der Waals surface area contributed by atoms with Gasteiger partial charge in [0, 0.05) is 17.0 Å². The van der Waals surface area contributed by atoms with Gasteiger partial charge in [-0.25, -0.2) is 4.98 Å². The van der Waals surface area contributed by atoms with Gasteiger partial charge in [0.25, 0.3) is 0 Å². The standard InChI is InChI=1S/C17H19NO2/c19-11-14-6-8-16-15(10-14)7-9-17(18-16)20-12-13-4-2-1-3-5-13/h6-11,13H,1-5,12H2. The van der Waals surface area contributed by atoms with E-state index in [1.807, 2.05) is 24.3 Å². The average Bonchev–Trinajstić information content (AvgIpc) is 2.53. The quantitative estimate of drug-likeness (QED) is 0.787. The first-order valence-corrected chi connectivity index (χ1v) is 7.34. The van der Waals surface area contributed by atoms with Crippen molar-refractivity contribution in [1.82, 2.24) is 4.98 Å². The van der Waals surface area contributed by atoms with Crippen LogP contribution in [0.2, 0.25) is 0 Å². The van der Waals surface area contributed by atoms with E-state index in [4.69, 9.17) is 4.74 Å². The molecule has 1 heterocycles. The molecule has 20 heavy (non-hydrogen) atoms. The van der Waals surface area contributed by atoms with E-state index in [0.717, 1.165) is 23.8 Å². The van der Waals surface area contributed by atoms with Gasteiger partial charge in [-0.15, -0.1) is 0 Å². The number of benzene rings is 1. The van der Waals surface area contributed by atoms with Crippen LogP contribution in [0.3, 0.4) is 0 Å². The second-order valence-electron chi connectivity index (χ2n) is 5.53. The summed E-state index contributed by atoms with van der Waals surface area (Å²) in [5.74, 6) is 1.36. The molecule has 104 valence electrons. The second-order valence-corrected chi connectivity index (χ2v) is 5.53. The summed E-state index contributed by atoms with van der Waals surface area (Å²) < 4.78 is 5.83. The van der Waals surface area contributed by atoms with Gasteiger partial charge in [0.05, 0.1) is 12.1 Å². The summed E-state index contributed by atoms with van der Waals surface area (Å²) in [5, 5.41) is 0.972. The van der Waals surface area contributed by atoms with Gasteiger partial charge in [-0.1, -0.05) is 19.3 Å². The van der Waals surface area contributed by atoms with Crippen LogP contribution >= 0.6 is 0 Å². The molecule has 0 saturated heterocycles. The molecule has 2 aromatic rings. The number of aromatic nitrogens is 1. The van der Waals surface area contributed by atoms with Gasteiger partial charge in [0.2, 0.25) is 5.88 Å². The molecule has 0 atom stereocenters. The summed E-state index contributed by atoms with van der Waals surface area (Å²) in [5.41, 5.74) is 1.55. The number of aldehydes is 1. The molecule has 0 bridgehead atoms. The Morgan fingerprint density at radius 2 is 2.00 bits per heavy atom. The van der Waals surface area contributed by atoms with Crippen LogP contribution in [-0.2, 0) is 0 Å². The Labute approximate surface area is 119 Å². The molecule has 1 aromatic heterocycles. The van der Waals surface area contributed by atoms with Gasteiger partial charge in [-0.3, -0.25) is 4.79 Å². The number of nitrogens with zero attached hydrogens (tertiary/aromatic N) is 1. The summed E-state index contributed by atoms with van der Waals surface area (Å²) in [6, 6.07) is 9.35. The molecule has 3 nitrogen and oxygen atoms in total. The molecular weight excluding hydrogens is 250 g/mol. The molecule has 3 heteroatoms. The van der Waals surface area contributed by atoms with Gasteiger partial charge in [-0.2, -0.15) is 0 Å². The van der Waals surface area contributed by atoms with E-state index in [0.29, 0.717) is 17.4 Å². The molecule has 0 unspecified atom stereocenters. The molecule has 0 spiro atoms. The minimum Gasteiger partial charge on any atom is -0.477 e. The highest BCUT2D eigenvalue weighted by molar-refractivity contribution is 5.86. The van der Waals surface area contributed by atoms with Crippen molar-refractivity contribution in [2.75, 3.05) is 6.61 Å². The largest absolute Gasteiger partial charge is 0.477 e. The highest BCUT2D eigenvalue weighted by Gasteiger charge is 2.14. The maximum atomic E-state index is 10.7.